The Kier molecular flexibility index (Phi) is 6.23. The normalized spacial score (nSPS) is 12.8. The lowest BCUT2D eigenvalue weighted by molar-refractivity contribution is 1.38. The number of hydrogen-bond acceptors (Lipinski definition) is 0. The van der Waals surface area contributed by atoms with Crippen LogP contribution in [0.5, 0.6) is 0 Å². The maximum absolute atomic E-state index is 2.32. The van der Waals surface area contributed by atoms with Crippen LogP contribution in [0.2, 0.25) is 0 Å². The van der Waals surface area contributed by atoms with Gasteiger partial charge in [0.1, 0.15) is 0 Å². The van der Waals surface area contributed by atoms with Crippen molar-refractivity contribution in [3.8, 4) is 11.1 Å². The van der Waals surface area contributed by atoms with Crippen LogP contribution in [0.3, 0.4) is 0 Å². The highest BCUT2D eigenvalue weighted by molar-refractivity contribution is 5.82. The van der Waals surface area contributed by atoms with E-state index in [1.54, 1.807) is 0 Å². The molecule has 0 aliphatic heterocycles. The van der Waals surface area contributed by atoms with E-state index < -0.39 is 0 Å². The molecule has 0 spiro atoms. The SMILES string of the molecule is C/C(c1cccc(C)c1)=c1/cccc/c1=C(/c1ccccc1)c1cccc(-c2ccccc2)c1. The monoisotopic (exact) mass is 436 g/mol. The molecule has 0 heterocycles. The maximum atomic E-state index is 2.32. The highest BCUT2D eigenvalue weighted by atomic mass is 14.1. The van der Waals surface area contributed by atoms with E-state index in [9.17, 15) is 0 Å². The summed E-state index contributed by atoms with van der Waals surface area (Å²) in [6.07, 6.45) is 0. The Morgan fingerprint density at radius 3 is 1.74 bits per heavy atom. The fraction of sp³-hybridized carbons (Fsp3) is 0.0588. The molecule has 34 heavy (non-hydrogen) atoms. The zero-order chi connectivity index (χ0) is 23.3. The van der Waals surface area contributed by atoms with Crippen molar-refractivity contribution in [1.29, 1.82) is 0 Å². The molecule has 0 unspecified atom stereocenters. The van der Waals surface area contributed by atoms with Gasteiger partial charge in [-0.15, -0.1) is 0 Å². The van der Waals surface area contributed by atoms with Crippen molar-refractivity contribution in [1.82, 2.24) is 0 Å². The molecule has 0 aliphatic carbocycles. The van der Waals surface area contributed by atoms with E-state index in [0.717, 1.165) is 0 Å². The first kappa shape index (κ1) is 21.7. The van der Waals surface area contributed by atoms with Crippen molar-refractivity contribution >= 4 is 11.1 Å². The summed E-state index contributed by atoms with van der Waals surface area (Å²) in [5.41, 5.74) is 9.97. The second-order valence-electron chi connectivity index (χ2n) is 8.73. The van der Waals surface area contributed by atoms with Gasteiger partial charge in [-0.1, -0.05) is 133 Å². The zero-order valence-corrected chi connectivity index (χ0v) is 19.7. The topological polar surface area (TPSA) is 0 Å². The van der Waals surface area contributed by atoms with Gasteiger partial charge in [0.05, 0.1) is 0 Å². The summed E-state index contributed by atoms with van der Waals surface area (Å²) in [4.78, 5) is 0. The van der Waals surface area contributed by atoms with E-state index in [2.05, 4.69) is 147 Å². The Morgan fingerprint density at radius 2 is 1.00 bits per heavy atom. The smallest absolute Gasteiger partial charge is 0.00325 e. The summed E-state index contributed by atoms with van der Waals surface area (Å²) in [6, 6.07) is 47.8. The Labute approximate surface area is 202 Å². The minimum atomic E-state index is 1.22. The summed E-state index contributed by atoms with van der Waals surface area (Å²) in [5.74, 6) is 0. The van der Waals surface area contributed by atoms with Gasteiger partial charge < -0.3 is 0 Å². The van der Waals surface area contributed by atoms with Crippen LogP contribution < -0.4 is 10.4 Å². The van der Waals surface area contributed by atoms with Gasteiger partial charge in [-0.3, -0.25) is 0 Å². The molecule has 0 saturated carbocycles. The third-order valence-corrected chi connectivity index (χ3v) is 6.37. The van der Waals surface area contributed by atoms with Gasteiger partial charge in [0.25, 0.3) is 0 Å². The molecule has 0 atom stereocenters. The summed E-state index contributed by atoms with van der Waals surface area (Å²) in [7, 11) is 0. The number of aryl methyl sites for hydroxylation is 1. The van der Waals surface area contributed by atoms with Gasteiger partial charge in [0.2, 0.25) is 0 Å². The first-order valence-corrected chi connectivity index (χ1v) is 11.8. The third-order valence-electron chi connectivity index (χ3n) is 6.37. The van der Waals surface area contributed by atoms with E-state index in [-0.39, 0.29) is 0 Å². The van der Waals surface area contributed by atoms with Gasteiger partial charge >= 0.3 is 0 Å². The predicted molar refractivity (Wildman–Crippen MR) is 145 cm³/mol. The van der Waals surface area contributed by atoms with E-state index in [1.807, 2.05) is 0 Å². The largest absolute Gasteiger partial charge is 0.0622 e. The Bertz CT molecular complexity index is 1540. The van der Waals surface area contributed by atoms with Crippen LogP contribution in [0.4, 0.5) is 0 Å². The van der Waals surface area contributed by atoms with E-state index >= 15 is 0 Å². The zero-order valence-electron chi connectivity index (χ0n) is 19.7. The number of rotatable bonds is 4. The molecule has 0 fully saturated rings. The summed E-state index contributed by atoms with van der Waals surface area (Å²) >= 11 is 0. The van der Waals surface area contributed by atoms with Crippen LogP contribution in [0.1, 0.15) is 29.2 Å². The molecule has 0 nitrogen and oxygen atoms in total. The van der Waals surface area contributed by atoms with Crippen LogP contribution in [0.15, 0.2) is 133 Å². The number of benzene rings is 5. The lowest BCUT2D eigenvalue weighted by Gasteiger charge is -2.13. The maximum Gasteiger partial charge on any atom is -0.00325 e. The van der Waals surface area contributed by atoms with Crippen LogP contribution in [0.25, 0.3) is 22.3 Å². The quantitative estimate of drug-likeness (QED) is 0.281. The molecule has 0 N–H and O–H groups in total. The van der Waals surface area contributed by atoms with E-state index in [0.29, 0.717) is 0 Å². The fourth-order valence-corrected chi connectivity index (χ4v) is 4.63. The predicted octanol–water partition coefficient (Wildman–Crippen LogP) is 7.13. The first-order chi connectivity index (χ1) is 16.7. The minimum Gasteiger partial charge on any atom is -0.0622 e. The van der Waals surface area contributed by atoms with Crippen LogP contribution >= 0.6 is 0 Å². The van der Waals surface area contributed by atoms with Gasteiger partial charge in [0.15, 0.2) is 0 Å². The lowest BCUT2D eigenvalue weighted by atomic mass is 9.91. The molecule has 5 aromatic rings. The Balaban J connectivity index is 1.86. The van der Waals surface area contributed by atoms with Gasteiger partial charge in [-0.05, 0) is 69.3 Å². The molecule has 0 aliphatic rings. The molecule has 0 amide bonds. The Hall–Kier alpha value is -4.16. The van der Waals surface area contributed by atoms with Gasteiger partial charge in [-0.25, -0.2) is 0 Å². The standard InChI is InChI=1S/C34H28/c1-25-13-11-18-29(23-25)26(2)32-21-9-10-22-33(32)34(28-16-7-4-8-17-28)31-20-12-19-30(24-31)27-14-5-3-6-15-27/h3-24H,1-2H3/b32-26+,34-33+. The van der Waals surface area contributed by atoms with E-state index in [1.165, 1.54) is 55.0 Å². The van der Waals surface area contributed by atoms with Gasteiger partial charge in [-0.2, -0.15) is 0 Å². The van der Waals surface area contributed by atoms with E-state index in [4.69, 9.17) is 0 Å². The molecule has 0 heteroatoms. The molecule has 164 valence electrons. The molecule has 0 bridgehead atoms. The molecule has 5 rings (SSSR count). The molecule has 5 aromatic carbocycles. The average Bonchev–Trinajstić information content (AvgIpc) is 2.90. The summed E-state index contributed by atoms with van der Waals surface area (Å²) in [6.45, 7) is 4.38. The highest BCUT2D eigenvalue weighted by Crippen LogP contribution is 2.26. The molecule has 0 aromatic heterocycles. The van der Waals surface area contributed by atoms with Crippen LogP contribution in [-0.2, 0) is 0 Å². The fourth-order valence-electron chi connectivity index (χ4n) is 4.63. The average molecular weight is 437 g/mol. The van der Waals surface area contributed by atoms with Crippen molar-refractivity contribution in [2.75, 3.05) is 0 Å². The summed E-state index contributed by atoms with van der Waals surface area (Å²) in [5, 5.41) is 2.51. The third kappa shape index (κ3) is 4.49. The van der Waals surface area contributed by atoms with Crippen molar-refractivity contribution in [3.63, 3.8) is 0 Å². The highest BCUT2D eigenvalue weighted by Gasteiger charge is 2.10. The first-order valence-electron chi connectivity index (χ1n) is 11.8. The minimum absolute atomic E-state index is 1.22. The molecule has 0 saturated heterocycles. The van der Waals surface area contributed by atoms with Crippen LogP contribution in [0, 0.1) is 6.92 Å². The lowest BCUT2D eigenvalue weighted by Crippen LogP contribution is -2.29. The Morgan fingerprint density at radius 1 is 0.441 bits per heavy atom. The van der Waals surface area contributed by atoms with Crippen LogP contribution in [-0.4, -0.2) is 0 Å². The second kappa shape index (κ2) is 9.77. The number of hydrogen-bond donors (Lipinski definition) is 0. The second-order valence-corrected chi connectivity index (χ2v) is 8.73. The molecular formula is C34H28. The molecular weight excluding hydrogens is 408 g/mol. The van der Waals surface area contributed by atoms with Crippen molar-refractivity contribution in [2.45, 2.75) is 13.8 Å². The summed E-state index contributed by atoms with van der Waals surface area (Å²) < 4.78 is 0. The van der Waals surface area contributed by atoms with Gasteiger partial charge in [0, 0.05) is 0 Å². The van der Waals surface area contributed by atoms with Crippen molar-refractivity contribution < 1.29 is 0 Å². The van der Waals surface area contributed by atoms with Crippen molar-refractivity contribution in [2.24, 2.45) is 0 Å². The van der Waals surface area contributed by atoms with Crippen molar-refractivity contribution in [3.05, 3.63) is 166 Å². The molecule has 0 radical (unpaired) electrons.